The minimum Gasteiger partial charge on any atom is -0.360 e. The molecule has 1 saturated heterocycles. The van der Waals surface area contributed by atoms with E-state index in [4.69, 9.17) is 12.2 Å². The van der Waals surface area contributed by atoms with Crippen molar-refractivity contribution in [2.45, 2.75) is 50.6 Å². The summed E-state index contributed by atoms with van der Waals surface area (Å²) in [5.74, 6) is 0. The number of hydrogen-bond donors (Lipinski definition) is 2. The van der Waals surface area contributed by atoms with Gasteiger partial charge in [-0.3, -0.25) is 0 Å². The molecular formula is C12H23N3S. The molecule has 4 heteroatoms. The molecule has 0 spiro atoms. The van der Waals surface area contributed by atoms with Crippen LogP contribution in [0.5, 0.6) is 0 Å². The van der Waals surface area contributed by atoms with Gasteiger partial charge in [0.05, 0.1) is 0 Å². The van der Waals surface area contributed by atoms with E-state index in [1.807, 2.05) is 0 Å². The van der Waals surface area contributed by atoms with Gasteiger partial charge in [-0.25, -0.2) is 0 Å². The van der Waals surface area contributed by atoms with Crippen molar-refractivity contribution in [2.75, 3.05) is 20.1 Å². The molecule has 0 unspecified atom stereocenters. The molecule has 0 amide bonds. The minimum atomic E-state index is 0.581. The summed E-state index contributed by atoms with van der Waals surface area (Å²) in [6.07, 6.45) is 7.71. The van der Waals surface area contributed by atoms with Crippen molar-refractivity contribution in [1.29, 1.82) is 0 Å². The van der Waals surface area contributed by atoms with Crippen molar-refractivity contribution >= 4 is 17.3 Å². The first-order chi connectivity index (χ1) is 7.74. The number of thiocarbonyl (C=S) groups is 1. The van der Waals surface area contributed by atoms with Crippen LogP contribution in [-0.4, -0.2) is 42.2 Å². The van der Waals surface area contributed by atoms with Crippen LogP contribution in [-0.2, 0) is 0 Å². The Morgan fingerprint density at radius 2 is 1.50 bits per heavy atom. The summed E-state index contributed by atoms with van der Waals surface area (Å²) in [5.41, 5.74) is 0. The van der Waals surface area contributed by atoms with E-state index >= 15 is 0 Å². The van der Waals surface area contributed by atoms with E-state index in [1.165, 1.54) is 51.6 Å². The predicted octanol–water partition coefficient (Wildman–Crippen LogP) is 1.49. The molecular weight excluding hydrogens is 218 g/mol. The first kappa shape index (κ1) is 12.1. The molecule has 1 heterocycles. The molecule has 2 rings (SSSR count). The molecule has 0 radical (unpaired) electrons. The second kappa shape index (κ2) is 5.82. The van der Waals surface area contributed by atoms with Crippen LogP contribution in [0.2, 0.25) is 0 Å². The zero-order valence-corrected chi connectivity index (χ0v) is 11.0. The van der Waals surface area contributed by atoms with E-state index in [0.29, 0.717) is 12.1 Å². The maximum Gasteiger partial charge on any atom is 0.166 e. The quantitative estimate of drug-likeness (QED) is 0.716. The summed E-state index contributed by atoms with van der Waals surface area (Å²) >= 11 is 5.37. The Balaban J connectivity index is 1.66. The van der Waals surface area contributed by atoms with Crippen molar-refractivity contribution in [3.63, 3.8) is 0 Å². The fourth-order valence-corrected chi connectivity index (χ4v) is 2.97. The summed E-state index contributed by atoms with van der Waals surface area (Å²) in [5, 5.41) is 7.78. The van der Waals surface area contributed by atoms with Gasteiger partial charge < -0.3 is 15.5 Å². The molecule has 0 bridgehead atoms. The Bertz CT molecular complexity index is 230. The van der Waals surface area contributed by atoms with E-state index in [9.17, 15) is 0 Å². The lowest BCUT2D eigenvalue weighted by Crippen LogP contribution is -2.48. The molecule has 2 aliphatic rings. The van der Waals surface area contributed by atoms with Crippen molar-refractivity contribution < 1.29 is 0 Å². The Labute approximate surface area is 104 Å². The lowest BCUT2D eigenvalue weighted by atomic mass is 10.1. The van der Waals surface area contributed by atoms with Crippen LogP contribution in [0.3, 0.4) is 0 Å². The molecule has 1 saturated carbocycles. The summed E-state index contributed by atoms with van der Waals surface area (Å²) in [6.45, 7) is 2.37. The fraction of sp³-hybridized carbons (Fsp3) is 0.917. The van der Waals surface area contributed by atoms with Gasteiger partial charge in [-0.1, -0.05) is 12.8 Å². The second-order valence-electron chi connectivity index (χ2n) is 5.18. The van der Waals surface area contributed by atoms with Gasteiger partial charge in [0, 0.05) is 12.1 Å². The Morgan fingerprint density at radius 1 is 1.00 bits per heavy atom. The molecule has 16 heavy (non-hydrogen) atoms. The summed E-state index contributed by atoms with van der Waals surface area (Å²) in [6, 6.07) is 1.21. The summed E-state index contributed by atoms with van der Waals surface area (Å²) in [4.78, 5) is 2.38. The highest BCUT2D eigenvalue weighted by atomic mass is 32.1. The predicted molar refractivity (Wildman–Crippen MR) is 71.6 cm³/mol. The van der Waals surface area contributed by atoms with Gasteiger partial charge in [0.1, 0.15) is 0 Å². The number of piperidine rings is 1. The highest BCUT2D eigenvalue weighted by Gasteiger charge is 2.19. The van der Waals surface area contributed by atoms with Gasteiger partial charge in [-0.2, -0.15) is 0 Å². The van der Waals surface area contributed by atoms with Crippen molar-refractivity contribution in [1.82, 2.24) is 15.5 Å². The highest BCUT2D eigenvalue weighted by molar-refractivity contribution is 7.80. The van der Waals surface area contributed by atoms with Gasteiger partial charge >= 0.3 is 0 Å². The number of nitrogens with one attached hydrogen (secondary N) is 2. The third kappa shape index (κ3) is 3.59. The van der Waals surface area contributed by atoms with Gasteiger partial charge in [0.25, 0.3) is 0 Å². The summed E-state index contributed by atoms with van der Waals surface area (Å²) < 4.78 is 0. The van der Waals surface area contributed by atoms with Crippen molar-refractivity contribution in [3.8, 4) is 0 Å². The molecule has 92 valence electrons. The average Bonchev–Trinajstić information content (AvgIpc) is 2.74. The molecule has 0 atom stereocenters. The van der Waals surface area contributed by atoms with E-state index in [-0.39, 0.29) is 0 Å². The molecule has 2 fully saturated rings. The van der Waals surface area contributed by atoms with Crippen LogP contribution in [0.25, 0.3) is 0 Å². The number of hydrogen-bond acceptors (Lipinski definition) is 2. The summed E-state index contributed by atoms with van der Waals surface area (Å²) in [7, 11) is 2.19. The molecule has 1 aliphatic carbocycles. The first-order valence-corrected chi connectivity index (χ1v) is 6.90. The van der Waals surface area contributed by atoms with Crippen LogP contribution in [0, 0.1) is 0 Å². The first-order valence-electron chi connectivity index (χ1n) is 6.49. The molecule has 1 aliphatic heterocycles. The third-order valence-corrected chi connectivity index (χ3v) is 3.98. The highest BCUT2D eigenvalue weighted by Crippen LogP contribution is 2.17. The zero-order chi connectivity index (χ0) is 11.4. The van der Waals surface area contributed by atoms with Crippen molar-refractivity contribution in [2.24, 2.45) is 0 Å². The van der Waals surface area contributed by atoms with Gasteiger partial charge in [0.15, 0.2) is 5.11 Å². The number of nitrogens with zero attached hydrogens (tertiary/aromatic N) is 1. The normalized spacial score (nSPS) is 24.6. The number of rotatable bonds is 2. The zero-order valence-electron chi connectivity index (χ0n) is 10.2. The van der Waals surface area contributed by atoms with Crippen molar-refractivity contribution in [3.05, 3.63) is 0 Å². The number of likely N-dealkylation sites (tertiary alicyclic amines) is 1. The SMILES string of the molecule is CN1CCC(NC(=S)NC2CCCC2)CC1. The smallest absolute Gasteiger partial charge is 0.166 e. The minimum absolute atomic E-state index is 0.581. The topological polar surface area (TPSA) is 27.3 Å². The largest absolute Gasteiger partial charge is 0.360 e. The van der Waals surface area contributed by atoms with E-state index in [0.717, 1.165) is 5.11 Å². The average molecular weight is 241 g/mol. The third-order valence-electron chi connectivity index (χ3n) is 3.74. The fourth-order valence-electron chi connectivity index (χ4n) is 2.64. The Kier molecular flexibility index (Phi) is 4.41. The Morgan fingerprint density at radius 3 is 2.06 bits per heavy atom. The van der Waals surface area contributed by atoms with Crippen LogP contribution in [0.4, 0.5) is 0 Å². The molecule has 2 N–H and O–H groups in total. The van der Waals surface area contributed by atoms with Gasteiger partial charge in [0.2, 0.25) is 0 Å². The monoisotopic (exact) mass is 241 g/mol. The maximum atomic E-state index is 5.37. The molecule has 0 aromatic carbocycles. The lowest BCUT2D eigenvalue weighted by molar-refractivity contribution is 0.246. The molecule has 0 aromatic rings. The second-order valence-corrected chi connectivity index (χ2v) is 5.58. The van der Waals surface area contributed by atoms with Crippen LogP contribution < -0.4 is 10.6 Å². The van der Waals surface area contributed by atoms with E-state index in [2.05, 4.69) is 22.6 Å². The van der Waals surface area contributed by atoms with Crippen LogP contribution >= 0.6 is 12.2 Å². The van der Waals surface area contributed by atoms with E-state index < -0.39 is 0 Å². The molecule has 3 nitrogen and oxygen atoms in total. The van der Waals surface area contributed by atoms with E-state index in [1.54, 1.807) is 0 Å². The van der Waals surface area contributed by atoms with Crippen LogP contribution in [0.15, 0.2) is 0 Å². The van der Waals surface area contributed by atoms with Gasteiger partial charge in [-0.05, 0) is 58.0 Å². The maximum absolute atomic E-state index is 5.37. The van der Waals surface area contributed by atoms with Gasteiger partial charge in [-0.15, -0.1) is 0 Å². The molecule has 0 aromatic heterocycles. The Hall–Kier alpha value is -0.350. The van der Waals surface area contributed by atoms with Crippen LogP contribution in [0.1, 0.15) is 38.5 Å². The lowest BCUT2D eigenvalue weighted by Gasteiger charge is -2.30. The standard InChI is InChI=1S/C12H23N3S/c1-15-8-6-11(7-9-15)14-12(16)13-10-4-2-3-5-10/h10-11H,2-9H2,1H3,(H2,13,14,16).